The van der Waals surface area contributed by atoms with Crippen molar-refractivity contribution in [3.05, 3.63) is 41.2 Å². The topological polar surface area (TPSA) is 78.3 Å². The van der Waals surface area contributed by atoms with E-state index < -0.39 is 0 Å². The quantitative estimate of drug-likeness (QED) is 0.758. The van der Waals surface area contributed by atoms with Crippen LogP contribution in [-0.4, -0.2) is 34.9 Å². The highest BCUT2D eigenvalue weighted by Crippen LogP contribution is 2.33. The molecule has 0 spiro atoms. The van der Waals surface area contributed by atoms with E-state index in [1.54, 1.807) is 30.5 Å². The summed E-state index contributed by atoms with van der Waals surface area (Å²) >= 11 is 1.39. The van der Waals surface area contributed by atoms with Crippen LogP contribution in [0.15, 0.2) is 29.8 Å². The second-order valence-electron chi connectivity index (χ2n) is 5.33. The Labute approximate surface area is 149 Å². The average Bonchev–Trinajstić information content (AvgIpc) is 3.24. The van der Waals surface area contributed by atoms with Gasteiger partial charge >= 0.3 is 0 Å². The molecule has 1 amide bonds. The van der Waals surface area contributed by atoms with E-state index in [2.05, 4.69) is 15.4 Å². The van der Waals surface area contributed by atoms with Crippen LogP contribution in [0.1, 0.15) is 16.2 Å². The summed E-state index contributed by atoms with van der Waals surface area (Å²) in [7, 11) is 4.99. The molecule has 0 fully saturated rings. The molecule has 1 aromatic carbocycles. The van der Waals surface area contributed by atoms with Crippen LogP contribution in [0.4, 0.5) is 5.69 Å². The lowest BCUT2D eigenvalue weighted by molar-refractivity contribution is 0.102. The Bertz CT molecular complexity index is 917. The maximum Gasteiger partial charge on any atom is 0.275 e. The molecule has 0 saturated carbocycles. The highest BCUT2D eigenvalue weighted by molar-refractivity contribution is 7.13. The first-order chi connectivity index (χ1) is 12.0. The van der Waals surface area contributed by atoms with Gasteiger partial charge in [0.1, 0.15) is 10.7 Å². The molecule has 0 unspecified atom stereocenters. The van der Waals surface area contributed by atoms with Crippen LogP contribution in [0, 0.1) is 6.92 Å². The summed E-state index contributed by atoms with van der Waals surface area (Å²) in [5.74, 6) is 0.999. The van der Waals surface area contributed by atoms with Gasteiger partial charge < -0.3 is 14.8 Å². The number of amides is 1. The third kappa shape index (κ3) is 3.34. The summed E-state index contributed by atoms with van der Waals surface area (Å²) < 4.78 is 12.2. The minimum Gasteiger partial charge on any atom is -0.493 e. The molecule has 3 aromatic rings. The van der Waals surface area contributed by atoms with Crippen molar-refractivity contribution >= 4 is 22.9 Å². The number of anilines is 1. The largest absolute Gasteiger partial charge is 0.493 e. The van der Waals surface area contributed by atoms with Gasteiger partial charge in [0.2, 0.25) is 0 Å². The van der Waals surface area contributed by atoms with Crippen molar-refractivity contribution < 1.29 is 14.3 Å². The maximum atomic E-state index is 12.4. The second-order valence-corrected chi connectivity index (χ2v) is 6.19. The van der Waals surface area contributed by atoms with Crippen LogP contribution in [0.2, 0.25) is 0 Å². The fourth-order valence-corrected chi connectivity index (χ4v) is 3.08. The smallest absolute Gasteiger partial charge is 0.275 e. The summed E-state index contributed by atoms with van der Waals surface area (Å²) in [5.41, 5.74) is 2.77. The summed E-state index contributed by atoms with van der Waals surface area (Å²) in [4.78, 5) is 16.8. The highest BCUT2D eigenvalue weighted by Gasteiger charge is 2.15. The fraction of sp³-hybridized carbons (Fsp3) is 0.235. The predicted octanol–water partition coefficient (Wildman–Crippen LogP) is 3.12. The minimum absolute atomic E-state index is 0.265. The minimum atomic E-state index is -0.265. The Kier molecular flexibility index (Phi) is 4.71. The van der Waals surface area contributed by atoms with Gasteiger partial charge in [-0.25, -0.2) is 4.98 Å². The summed E-state index contributed by atoms with van der Waals surface area (Å²) in [6.45, 7) is 1.89. The van der Waals surface area contributed by atoms with E-state index in [1.165, 1.54) is 11.3 Å². The monoisotopic (exact) mass is 358 g/mol. The summed E-state index contributed by atoms with van der Waals surface area (Å²) in [6, 6.07) is 5.53. The van der Waals surface area contributed by atoms with Crippen LogP contribution >= 0.6 is 11.3 Å². The van der Waals surface area contributed by atoms with Gasteiger partial charge in [0.15, 0.2) is 11.5 Å². The number of aryl methyl sites for hydroxylation is 1. The first-order valence-electron chi connectivity index (χ1n) is 7.51. The average molecular weight is 358 g/mol. The van der Waals surface area contributed by atoms with Gasteiger partial charge in [-0.2, -0.15) is 5.10 Å². The van der Waals surface area contributed by atoms with Crippen LogP contribution in [0.5, 0.6) is 11.5 Å². The SMILES string of the molecule is COc1ccc(-c2nc(C(=O)Nc3cnn(C)c3C)cs2)cc1OC. The van der Waals surface area contributed by atoms with E-state index in [9.17, 15) is 4.79 Å². The molecule has 2 heterocycles. The maximum absolute atomic E-state index is 12.4. The van der Waals surface area contributed by atoms with Crippen LogP contribution in [-0.2, 0) is 7.05 Å². The second kappa shape index (κ2) is 6.94. The number of ether oxygens (including phenoxy) is 2. The van der Waals surface area contributed by atoms with Crippen molar-refractivity contribution in [1.82, 2.24) is 14.8 Å². The van der Waals surface area contributed by atoms with Gasteiger partial charge in [-0.3, -0.25) is 9.48 Å². The van der Waals surface area contributed by atoms with Crippen molar-refractivity contribution in [1.29, 1.82) is 0 Å². The molecule has 0 aliphatic heterocycles. The Hall–Kier alpha value is -2.87. The molecular formula is C17H18N4O3S. The summed E-state index contributed by atoms with van der Waals surface area (Å²) in [6.07, 6.45) is 1.62. The molecule has 0 bridgehead atoms. The van der Waals surface area contributed by atoms with Crippen molar-refractivity contribution in [3.8, 4) is 22.1 Å². The lowest BCUT2D eigenvalue weighted by Crippen LogP contribution is -2.12. The number of carbonyl (C=O) groups is 1. The van der Waals surface area contributed by atoms with E-state index >= 15 is 0 Å². The number of thiazole rings is 1. The molecule has 2 aromatic heterocycles. The van der Waals surface area contributed by atoms with Crippen molar-refractivity contribution in [2.45, 2.75) is 6.92 Å². The lowest BCUT2D eigenvalue weighted by Gasteiger charge is -2.08. The Balaban J connectivity index is 1.82. The Morgan fingerprint density at radius 2 is 2.00 bits per heavy atom. The van der Waals surface area contributed by atoms with E-state index in [-0.39, 0.29) is 5.91 Å². The van der Waals surface area contributed by atoms with E-state index in [0.29, 0.717) is 22.9 Å². The van der Waals surface area contributed by atoms with E-state index in [0.717, 1.165) is 16.3 Å². The third-order valence-electron chi connectivity index (χ3n) is 3.85. The Morgan fingerprint density at radius 3 is 2.64 bits per heavy atom. The van der Waals surface area contributed by atoms with Gasteiger partial charge in [-0.05, 0) is 25.1 Å². The molecular weight excluding hydrogens is 340 g/mol. The molecule has 8 heteroatoms. The molecule has 25 heavy (non-hydrogen) atoms. The van der Waals surface area contributed by atoms with Crippen LogP contribution in [0.3, 0.4) is 0 Å². The number of hydrogen-bond donors (Lipinski definition) is 1. The van der Waals surface area contributed by atoms with Crippen molar-refractivity contribution in [3.63, 3.8) is 0 Å². The number of nitrogens with one attached hydrogen (secondary N) is 1. The normalized spacial score (nSPS) is 10.6. The Morgan fingerprint density at radius 1 is 1.24 bits per heavy atom. The van der Waals surface area contributed by atoms with E-state index in [4.69, 9.17) is 9.47 Å². The first-order valence-corrected chi connectivity index (χ1v) is 8.39. The van der Waals surface area contributed by atoms with Gasteiger partial charge in [0.25, 0.3) is 5.91 Å². The predicted molar refractivity (Wildman–Crippen MR) is 96.6 cm³/mol. The molecule has 0 aliphatic carbocycles. The lowest BCUT2D eigenvalue weighted by atomic mass is 10.2. The van der Waals surface area contributed by atoms with Gasteiger partial charge in [0, 0.05) is 18.0 Å². The highest BCUT2D eigenvalue weighted by atomic mass is 32.1. The third-order valence-corrected chi connectivity index (χ3v) is 4.74. The number of aromatic nitrogens is 3. The molecule has 3 rings (SSSR count). The zero-order chi connectivity index (χ0) is 18.0. The number of methoxy groups -OCH3 is 2. The fourth-order valence-electron chi connectivity index (χ4n) is 2.29. The zero-order valence-corrected chi connectivity index (χ0v) is 15.2. The molecule has 130 valence electrons. The van der Waals surface area contributed by atoms with Gasteiger partial charge in [-0.15, -0.1) is 11.3 Å². The zero-order valence-electron chi connectivity index (χ0n) is 14.4. The number of hydrogen-bond acceptors (Lipinski definition) is 6. The van der Waals surface area contributed by atoms with Crippen LogP contribution < -0.4 is 14.8 Å². The van der Waals surface area contributed by atoms with Crippen molar-refractivity contribution in [2.75, 3.05) is 19.5 Å². The first kappa shape index (κ1) is 17.0. The van der Waals surface area contributed by atoms with Crippen LogP contribution in [0.25, 0.3) is 10.6 Å². The molecule has 0 aliphatic rings. The van der Waals surface area contributed by atoms with E-state index in [1.807, 2.05) is 32.2 Å². The molecule has 0 atom stereocenters. The number of nitrogens with zero attached hydrogens (tertiary/aromatic N) is 3. The standard InChI is InChI=1S/C17H18N4O3S/c1-10-12(8-18-21(10)2)19-16(22)13-9-25-17(20-13)11-5-6-14(23-3)15(7-11)24-4/h5-9H,1-4H3,(H,19,22). The van der Waals surface area contributed by atoms with Crippen molar-refractivity contribution in [2.24, 2.45) is 7.05 Å². The van der Waals surface area contributed by atoms with Gasteiger partial charge in [-0.1, -0.05) is 0 Å². The molecule has 1 N–H and O–H groups in total. The summed E-state index contributed by atoms with van der Waals surface area (Å²) in [5, 5.41) is 9.40. The number of benzene rings is 1. The molecule has 0 radical (unpaired) electrons. The molecule has 7 nitrogen and oxygen atoms in total. The van der Waals surface area contributed by atoms with Gasteiger partial charge in [0.05, 0.1) is 31.8 Å². The number of carbonyl (C=O) groups excluding carboxylic acids is 1. The number of rotatable bonds is 5. The molecule has 0 saturated heterocycles.